The lowest BCUT2D eigenvalue weighted by molar-refractivity contribution is -0.126. The van der Waals surface area contributed by atoms with Crippen molar-refractivity contribution in [1.29, 1.82) is 0 Å². The highest BCUT2D eigenvalue weighted by molar-refractivity contribution is 5.79. The number of methoxy groups -OCH3 is 1. The molecule has 1 N–H and O–H groups in total. The first-order valence-corrected chi connectivity index (χ1v) is 10.6. The van der Waals surface area contributed by atoms with Crippen molar-refractivity contribution in [1.82, 2.24) is 10.2 Å². The maximum absolute atomic E-state index is 12.9. The van der Waals surface area contributed by atoms with E-state index >= 15 is 0 Å². The number of ether oxygens (including phenoxy) is 2. The van der Waals surface area contributed by atoms with Crippen molar-refractivity contribution in [2.45, 2.75) is 31.7 Å². The van der Waals surface area contributed by atoms with Crippen LogP contribution < -0.4 is 14.8 Å². The molecule has 1 saturated heterocycles. The number of rotatable bonds is 6. The van der Waals surface area contributed by atoms with Gasteiger partial charge in [-0.1, -0.05) is 42.8 Å². The topological polar surface area (TPSA) is 50.8 Å². The zero-order chi connectivity index (χ0) is 20.1. The third kappa shape index (κ3) is 4.56. The van der Waals surface area contributed by atoms with Crippen LogP contribution in [0.25, 0.3) is 0 Å². The standard InChI is InChI=1S/C24H30N2O3/c1-28-23-12-6-4-10-20(23)21(26-13-7-2-8-14-26)16-25-24(27)19-15-18-9-3-5-11-22(18)29-17-19/h3-6,9-12,19,21H,2,7-8,13-17H2,1H3,(H,25,27). The molecule has 2 aromatic rings. The van der Waals surface area contributed by atoms with E-state index in [0.717, 1.165) is 42.1 Å². The molecule has 0 aliphatic carbocycles. The first kappa shape index (κ1) is 19.8. The van der Waals surface area contributed by atoms with Crippen LogP contribution in [-0.4, -0.2) is 44.2 Å². The van der Waals surface area contributed by atoms with Gasteiger partial charge in [0, 0.05) is 12.1 Å². The van der Waals surface area contributed by atoms with Crippen LogP contribution >= 0.6 is 0 Å². The number of para-hydroxylation sites is 2. The molecule has 154 valence electrons. The van der Waals surface area contributed by atoms with Crippen LogP contribution in [0, 0.1) is 5.92 Å². The molecule has 29 heavy (non-hydrogen) atoms. The largest absolute Gasteiger partial charge is 0.496 e. The van der Waals surface area contributed by atoms with Crippen molar-refractivity contribution < 1.29 is 14.3 Å². The highest BCUT2D eigenvalue weighted by atomic mass is 16.5. The van der Waals surface area contributed by atoms with Gasteiger partial charge in [0.15, 0.2) is 0 Å². The molecule has 0 spiro atoms. The van der Waals surface area contributed by atoms with E-state index in [-0.39, 0.29) is 17.9 Å². The van der Waals surface area contributed by atoms with E-state index in [1.807, 2.05) is 42.5 Å². The Kier molecular flexibility index (Phi) is 6.35. The number of hydrogen-bond donors (Lipinski definition) is 1. The van der Waals surface area contributed by atoms with Crippen LogP contribution in [0.4, 0.5) is 0 Å². The lowest BCUT2D eigenvalue weighted by atomic mass is 9.95. The van der Waals surface area contributed by atoms with Gasteiger partial charge < -0.3 is 14.8 Å². The van der Waals surface area contributed by atoms with E-state index in [1.165, 1.54) is 19.3 Å². The lowest BCUT2D eigenvalue weighted by Gasteiger charge is -2.36. The molecule has 4 rings (SSSR count). The number of hydrogen-bond acceptors (Lipinski definition) is 4. The molecule has 5 heteroatoms. The molecule has 2 aromatic carbocycles. The van der Waals surface area contributed by atoms with Crippen molar-refractivity contribution in [2.24, 2.45) is 5.92 Å². The van der Waals surface area contributed by atoms with E-state index in [1.54, 1.807) is 7.11 Å². The van der Waals surface area contributed by atoms with Gasteiger partial charge in [-0.25, -0.2) is 0 Å². The number of nitrogens with zero attached hydrogens (tertiary/aromatic N) is 1. The summed E-state index contributed by atoms with van der Waals surface area (Å²) in [5.74, 6) is 1.70. The third-order valence-corrected chi connectivity index (χ3v) is 6.05. The van der Waals surface area contributed by atoms with Gasteiger partial charge in [0.05, 0.1) is 19.1 Å². The number of carbonyl (C=O) groups excluding carboxylic acids is 1. The second-order valence-electron chi connectivity index (χ2n) is 7.92. The Balaban J connectivity index is 1.46. The molecular formula is C24H30N2O3. The molecule has 5 nitrogen and oxygen atoms in total. The average molecular weight is 395 g/mol. The summed E-state index contributed by atoms with van der Waals surface area (Å²) in [6.45, 7) is 3.13. The van der Waals surface area contributed by atoms with Gasteiger partial charge in [-0.05, 0) is 50.0 Å². The zero-order valence-corrected chi connectivity index (χ0v) is 17.1. The predicted octanol–water partition coefficient (Wildman–Crippen LogP) is 3.59. The monoisotopic (exact) mass is 394 g/mol. The molecule has 2 unspecified atom stereocenters. The molecule has 0 saturated carbocycles. The minimum absolute atomic E-state index is 0.0661. The van der Waals surface area contributed by atoms with Gasteiger partial charge in [-0.3, -0.25) is 9.69 Å². The molecule has 1 fully saturated rings. The average Bonchev–Trinajstić information content (AvgIpc) is 2.79. The normalized spacial score (nSPS) is 20.2. The van der Waals surface area contributed by atoms with Crippen molar-refractivity contribution >= 4 is 5.91 Å². The number of amides is 1. The zero-order valence-electron chi connectivity index (χ0n) is 17.1. The number of likely N-dealkylation sites (tertiary alicyclic amines) is 1. The van der Waals surface area contributed by atoms with E-state index < -0.39 is 0 Å². The van der Waals surface area contributed by atoms with Crippen LogP contribution in [0.5, 0.6) is 11.5 Å². The summed E-state index contributed by atoms with van der Waals surface area (Å²) in [6, 6.07) is 16.2. The highest BCUT2D eigenvalue weighted by Crippen LogP contribution is 2.31. The maximum atomic E-state index is 12.9. The number of piperidine rings is 1. The van der Waals surface area contributed by atoms with E-state index in [4.69, 9.17) is 9.47 Å². The minimum atomic E-state index is -0.149. The fourth-order valence-corrected chi connectivity index (χ4v) is 4.45. The molecule has 0 bridgehead atoms. The summed E-state index contributed by atoms with van der Waals surface area (Å²) in [6.07, 6.45) is 4.41. The number of fused-ring (bicyclic) bond motifs is 1. The molecule has 1 amide bonds. The van der Waals surface area contributed by atoms with Crippen molar-refractivity contribution in [2.75, 3.05) is 33.4 Å². The molecule has 0 radical (unpaired) electrons. The van der Waals surface area contributed by atoms with Crippen LogP contribution in [0.1, 0.15) is 36.4 Å². The van der Waals surface area contributed by atoms with E-state index in [0.29, 0.717) is 13.2 Å². The Bertz CT molecular complexity index is 832. The summed E-state index contributed by atoms with van der Waals surface area (Å²) in [7, 11) is 1.71. The molecule has 2 aliphatic rings. The molecule has 0 aromatic heterocycles. The first-order chi connectivity index (χ1) is 14.3. The van der Waals surface area contributed by atoms with Gasteiger partial charge in [-0.15, -0.1) is 0 Å². The van der Waals surface area contributed by atoms with Crippen LogP contribution in [0.15, 0.2) is 48.5 Å². The van der Waals surface area contributed by atoms with Crippen LogP contribution in [-0.2, 0) is 11.2 Å². The Morgan fingerprint density at radius 2 is 1.90 bits per heavy atom. The Hall–Kier alpha value is -2.53. The molecular weight excluding hydrogens is 364 g/mol. The maximum Gasteiger partial charge on any atom is 0.226 e. The van der Waals surface area contributed by atoms with Gasteiger partial charge >= 0.3 is 0 Å². The van der Waals surface area contributed by atoms with Gasteiger partial charge in [-0.2, -0.15) is 0 Å². The Morgan fingerprint density at radius 3 is 2.72 bits per heavy atom. The van der Waals surface area contributed by atoms with E-state index in [9.17, 15) is 4.79 Å². The molecule has 2 atom stereocenters. The van der Waals surface area contributed by atoms with Crippen LogP contribution in [0.3, 0.4) is 0 Å². The second-order valence-corrected chi connectivity index (χ2v) is 7.92. The highest BCUT2D eigenvalue weighted by Gasteiger charge is 2.29. The summed E-state index contributed by atoms with van der Waals surface area (Å²) < 4.78 is 11.4. The van der Waals surface area contributed by atoms with Crippen molar-refractivity contribution in [3.05, 3.63) is 59.7 Å². The summed E-state index contributed by atoms with van der Waals surface area (Å²) in [5.41, 5.74) is 2.25. The van der Waals surface area contributed by atoms with Gasteiger partial charge in [0.25, 0.3) is 0 Å². The van der Waals surface area contributed by atoms with Gasteiger partial charge in [0.1, 0.15) is 18.1 Å². The minimum Gasteiger partial charge on any atom is -0.496 e. The summed E-state index contributed by atoms with van der Waals surface area (Å²) in [5, 5.41) is 3.21. The fraction of sp³-hybridized carbons (Fsp3) is 0.458. The summed E-state index contributed by atoms with van der Waals surface area (Å²) in [4.78, 5) is 15.4. The van der Waals surface area contributed by atoms with E-state index in [2.05, 4.69) is 16.3 Å². The SMILES string of the molecule is COc1ccccc1C(CNC(=O)C1COc2ccccc2C1)N1CCCCC1. The Labute approximate surface area is 173 Å². The van der Waals surface area contributed by atoms with Crippen molar-refractivity contribution in [3.63, 3.8) is 0 Å². The summed E-state index contributed by atoms with van der Waals surface area (Å²) >= 11 is 0. The fourth-order valence-electron chi connectivity index (χ4n) is 4.45. The quantitative estimate of drug-likeness (QED) is 0.814. The number of nitrogens with one attached hydrogen (secondary N) is 1. The smallest absolute Gasteiger partial charge is 0.226 e. The lowest BCUT2D eigenvalue weighted by Crippen LogP contribution is -2.44. The first-order valence-electron chi connectivity index (χ1n) is 10.6. The van der Waals surface area contributed by atoms with Gasteiger partial charge in [0.2, 0.25) is 5.91 Å². The third-order valence-electron chi connectivity index (χ3n) is 6.05. The second kappa shape index (κ2) is 9.31. The number of benzene rings is 2. The van der Waals surface area contributed by atoms with Crippen LogP contribution in [0.2, 0.25) is 0 Å². The predicted molar refractivity (Wildman–Crippen MR) is 113 cm³/mol. The Morgan fingerprint density at radius 1 is 1.14 bits per heavy atom. The molecule has 2 heterocycles. The number of carbonyl (C=O) groups is 1. The molecule has 2 aliphatic heterocycles. The van der Waals surface area contributed by atoms with Crippen molar-refractivity contribution in [3.8, 4) is 11.5 Å².